The van der Waals surface area contributed by atoms with Crippen LogP contribution < -0.4 is 14.8 Å². The lowest BCUT2D eigenvalue weighted by Gasteiger charge is -2.16. The van der Waals surface area contributed by atoms with Gasteiger partial charge in [-0.3, -0.25) is 4.79 Å². The standard InChI is InChI=1S/C24H27NO5/c1-4-15-30-21-13-11-19(17-22(21)28-3)12-14-23(26)25-20(24(27)29-5-2)16-18-9-7-6-8-10-18/h4,6-14,17,20H,1,5,15-16H2,2-3H3,(H,25,26). The van der Waals surface area contributed by atoms with E-state index in [2.05, 4.69) is 11.9 Å². The number of carbonyl (C=O) groups excluding carboxylic acids is 2. The summed E-state index contributed by atoms with van der Waals surface area (Å²) in [5.41, 5.74) is 1.68. The number of hydrogen-bond donors (Lipinski definition) is 1. The van der Waals surface area contributed by atoms with Crippen LogP contribution in [-0.2, 0) is 20.7 Å². The number of nitrogens with one attached hydrogen (secondary N) is 1. The Bertz CT molecular complexity index is 876. The maximum Gasteiger partial charge on any atom is 0.328 e. The second-order valence-electron chi connectivity index (χ2n) is 6.35. The highest BCUT2D eigenvalue weighted by molar-refractivity contribution is 5.94. The summed E-state index contributed by atoms with van der Waals surface area (Å²) in [6.45, 7) is 5.96. The number of benzene rings is 2. The molecule has 0 spiro atoms. The SMILES string of the molecule is C=CCOc1ccc(C=CC(=O)NC(Cc2ccccc2)C(=O)OCC)cc1OC. The van der Waals surface area contributed by atoms with E-state index < -0.39 is 17.9 Å². The van der Waals surface area contributed by atoms with Crippen molar-refractivity contribution in [2.45, 2.75) is 19.4 Å². The number of carbonyl (C=O) groups is 2. The van der Waals surface area contributed by atoms with Crippen LogP contribution in [0.5, 0.6) is 11.5 Å². The molecule has 1 atom stereocenters. The maximum absolute atomic E-state index is 12.4. The second kappa shape index (κ2) is 12.1. The van der Waals surface area contributed by atoms with Crippen LogP contribution in [0.1, 0.15) is 18.1 Å². The van der Waals surface area contributed by atoms with Crippen LogP contribution in [0, 0.1) is 0 Å². The Kier molecular flexibility index (Phi) is 9.18. The van der Waals surface area contributed by atoms with Gasteiger partial charge in [0.2, 0.25) is 5.91 Å². The second-order valence-corrected chi connectivity index (χ2v) is 6.35. The van der Waals surface area contributed by atoms with E-state index in [4.69, 9.17) is 14.2 Å². The molecule has 0 saturated heterocycles. The molecule has 158 valence electrons. The first kappa shape index (κ1) is 22.7. The lowest BCUT2D eigenvalue weighted by Crippen LogP contribution is -2.42. The average Bonchev–Trinajstić information content (AvgIpc) is 2.77. The molecule has 0 aliphatic heterocycles. The molecular formula is C24H27NO5. The Morgan fingerprint density at radius 1 is 1.13 bits per heavy atom. The summed E-state index contributed by atoms with van der Waals surface area (Å²) < 4.78 is 15.9. The van der Waals surface area contributed by atoms with Gasteiger partial charge in [-0.1, -0.05) is 49.1 Å². The third kappa shape index (κ3) is 7.13. The highest BCUT2D eigenvalue weighted by Crippen LogP contribution is 2.28. The molecule has 0 bridgehead atoms. The summed E-state index contributed by atoms with van der Waals surface area (Å²) in [6, 6.07) is 14.0. The van der Waals surface area contributed by atoms with E-state index >= 15 is 0 Å². The highest BCUT2D eigenvalue weighted by Gasteiger charge is 2.21. The molecule has 1 amide bonds. The fraction of sp³-hybridized carbons (Fsp3) is 0.250. The van der Waals surface area contributed by atoms with Gasteiger partial charge >= 0.3 is 5.97 Å². The van der Waals surface area contributed by atoms with Crippen molar-refractivity contribution in [2.24, 2.45) is 0 Å². The first-order chi connectivity index (χ1) is 14.6. The van der Waals surface area contributed by atoms with E-state index in [1.54, 1.807) is 44.4 Å². The number of hydrogen-bond acceptors (Lipinski definition) is 5. The van der Waals surface area contributed by atoms with Crippen LogP contribution in [0.2, 0.25) is 0 Å². The molecule has 6 heteroatoms. The molecule has 6 nitrogen and oxygen atoms in total. The smallest absolute Gasteiger partial charge is 0.328 e. The molecule has 1 N–H and O–H groups in total. The minimum atomic E-state index is -0.770. The van der Waals surface area contributed by atoms with Crippen LogP contribution in [0.3, 0.4) is 0 Å². The quantitative estimate of drug-likeness (QED) is 0.349. The zero-order chi connectivity index (χ0) is 21.8. The van der Waals surface area contributed by atoms with E-state index in [0.29, 0.717) is 24.5 Å². The predicted octanol–water partition coefficient (Wildman–Crippen LogP) is 3.56. The molecule has 0 aliphatic carbocycles. The van der Waals surface area contributed by atoms with Gasteiger partial charge in [0.05, 0.1) is 13.7 Å². The van der Waals surface area contributed by atoms with Gasteiger partial charge in [-0.15, -0.1) is 0 Å². The van der Waals surface area contributed by atoms with E-state index in [1.165, 1.54) is 6.08 Å². The van der Waals surface area contributed by atoms with Crippen molar-refractivity contribution in [3.05, 3.63) is 78.4 Å². The first-order valence-corrected chi connectivity index (χ1v) is 9.68. The van der Waals surface area contributed by atoms with Gasteiger partial charge in [0.15, 0.2) is 11.5 Å². The Labute approximate surface area is 177 Å². The normalized spacial score (nSPS) is 11.5. The van der Waals surface area contributed by atoms with Crippen molar-refractivity contribution in [2.75, 3.05) is 20.3 Å². The van der Waals surface area contributed by atoms with Gasteiger partial charge in [-0.05, 0) is 36.3 Å². The minimum absolute atomic E-state index is 0.246. The number of rotatable bonds is 11. The van der Waals surface area contributed by atoms with Crippen LogP contribution in [-0.4, -0.2) is 38.2 Å². The Hall–Kier alpha value is -3.54. The number of esters is 1. The molecule has 0 aromatic heterocycles. The van der Waals surface area contributed by atoms with Crippen molar-refractivity contribution < 1.29 is 23.8 Å². The van der Waals surface area contributed by atoms with Crippen molar-refractivity contribution >= 4 is 18.0 Å². The third-order valence-corrected chi connectivity index (χ3v) is 4.14. The maximum atomic E-state index is 12.4. The predicted molar refractivity (Wildman–Crippen MR) is 116 cm³/mol. The molecule has 1 unspecified atom stereocenters. The van der Waals surface area contributed by atoms with Crippen LogP contribution in [0.15, 0.2) is 67.3 Å². The summed E-state index contributed by atoms with van der Waals surface area (Å²) in [6.07, 6.45) is 5.01. The summed E-state index contributed by atoms with van der Waals surface area (Å²) in [7, 11) is 1.55. The number of ether oxygens (including phenoxy) is 3. The van der Waals surface area contributed by atoms with Crippen molar-refractivity contribution in [1.82, 2.24) is 5.32 Å². The lowest BCUT2D eigenvalue weighted by atomic mass is 10.1. The average molecular weight is 409 g/mol. The van der Waals surface area contributed by atoms with Crippen LogP contribution >= 0.6 is 0 Å². The molecular weight excluding hydrogens is 382 g/mol. The summed E-state index contributed by atoms with van der Waals surface area (Å²) in [5.74, 6) is 0.278. The topological polar surface area (TPSA) is 73.9 Å². The zero-order valence-electron chi connectivity index (χ0n) is 17.3. The van der Waals surface area contributed by atoms with Crippen molar-refractivity contribution in [3.8, 4) is 11.5 Å². The number of amides is 1. The fourth-order valence-corrected chi connectivity index (χ4v) is 2.73. The monoisotopic (exact) mass is 409 g/mol. The van der Waals surface area contributed by atoms with E-state index in [-0.39, 0.29) is 6.61 Å². The summed E-state index contributed by atoms with van der Waals surface area (Å²) in [5, 5.41) is 2.72. The Morgan fingerprint density at radius 3 is 2.57 bits per heavy atom. The fourth-order valence-electron chi connectivity index (χ4n) is 2.73. The number of methoxy groups -OCH3 is 1. The molecule has 30 heavy (non-hydrogen) atoms. The molecule has 2 aromatic carbocycles. The molecule has 0 fully saturated rings. The summed E-state index contributed by atoms with van der Waals surface area (Å²) >= 11 is 0. The van der Waals surface area contributed by atoms with Crippen molar-refractivity contribution in [1.29, 1.82) is 0 Å². The molecule has 0 radical (unpaired) electrons. The van der Waals surface area contributed by atoms with Gasteiger partial charge in [0, 0.05) is 12.5 Å². The molecule has 0 aliphatic rings. The van der Waals surface area contributed by atoms with Gasteiger partial charge in [-0.2, -0.15) is 0 Å². The Morgan fingerprint density at radius 2 is 1.90 bits per heavy atom. The molecule has 0 heterocycles. The highest BCUT2D eigenvalue weighted by atomic mass is 16.5. The van der Waals surface area contributed by atoms with Crippen molar-refractivity contribution in [3.63, 3.8) is 0 Å². The van der Waals surface area contributed by atoms with E-state index in [9.17, 15) is 9.59 Å². The molecule has 2 aromatic rings. The third-order valence-electron chi connectivity index (χ3n) is 4.14. The van der Waals surface area contributed by atoms with Gasteiger partial charge in [0.25, 0.3) is 0 Å². The minimum Gasteiger partial charge on any atom is -0.493 e. The van der Waals surface area contributed by atoms with Crippen LogP contribution in [0.4, 0.5) is 0 Å². The van der Waals surface area contributed by atoms with E-state index in [0.717, 1.165) is 11.1 Å². The summed E-state index contributed by atoms with van der Waals surface area (Å²) in [4.78, 5) is 24.7. The van der Waals surface area contributed by atoms with Gasteiger partial charge in [0.1, 0.15) is 12.6 Å². The first-order valence-electron chi connectivity index (χ1n) is 9.68. The Balaban J connectivity index is 2.07. The molecule has 2 rings (SSSR count). The lowest BCUT2D eigenvalue weighted by molar-refractivity contribution is -0.146. The molecule has 0 saturated carbocycles. The van der Waals surface area contributed by atoms with Gasteiger partial charge in [-0.25, -0.2) is 4.79 Å². The zero-order valence-corrected chi connectivity index (χ0v) is 17.3. The van der Waals surface area contributed by atoms with Crippen LogP contribution in [0.25, 0.3) is 6.08 Å². The van der Waals surface area contributed by atoms with E-state index in [1.807, 2.05) is 30.3 Å². The van der Waals surface area contributed by atoms with Gasteiger partial charge < -0.3 is 19.5 Å². The largest absolute Gasteiger partial charge is 0.493 e.